The molecule has 0 bridgehead atoms. The van der Waals surface area contributed by atoms with E-state index in [1.54, 1.807) is 22.8 Å². The molecule has 1 atom stereocenters. The second-order valence-electron chi connectivity index (χ2n) is 6.30. The number of anilines is 1. The van der Waals surface area contributed by atoms with E-state index in [1.165, 1.54) is 11.2 Å². The Morgan fingerprint density at radius 1 is 1.19 bits per heavy atom. The van der Waals surface area contributed by atoms with Crippen molar-refractivity contribution >= 4 is 23.4 Å². The van der Waals surface area contributed by atoms with Crippen LogP contribution in [0.15, 0.2) is 66.1 Å². The molecule has 6 nitrogen and oxygen atoms in total. The van der Waals surface area contributed by atoms with E-state index in [9.17, 15) is 4.79 Å². The molecule has 140 valence electrons. The van der Waals surface area contributed by atoms with E-state index in [1.807, 2.05) is 54.6 Å². The van der Waals surface area contributed by atoms with Gasteiger partial charge in [-0.2, -0.15) is 5.10 Å². The van der Waals surface area contributed by atoms with Gasteiger partial charge in [0.15, 0.2) is 0 Å². The number of carbonyl (C=O) groups is 1. The van der Waals surface area contributed by atoms with Crippen LogP contribution in [0.1, 0.15) is 18.5 Å². The molecule has 3 rings (SSSR count). The minimum Gasteiger partial charge on any atom is -0.325 e. The Kier molecular flexibility index (Phi) is 6.26. The highest BCUT2D eigenvalue weighted by molar-refractivity contribution is 7.98. The first-order valence-corrected chi connectivity index (χ1v) is 9.88. The number of thioether (sulfide) groups is 1. The van der Waals surface area contributed by atoms with Gasteiger partial charge in [-0.3, -0.25) is 9.69 Å². The summed E-state index contributed by atoms with van der Waals surface area (Å²) in [5, 5.41) is 7.08. The molecule has 0 aliphatic heterocycles. The Bertz CT molecular complexity index is 862. The van der Waals surface area contributed by atoms with Gasteiger partial charge < -0.3 is 5.32 Å². The second-order valence-corrected chi connectivity index (χ2v) is 7.18. The van der Waals surface area contributed by atoms with Crippen molar-refractivity contribution in [2.24, 2.45) is 0 Å². The summed E-state index contributed by atoms with van der Waals surface area (Å²) in [6.45, 7) is 2.40. The van der Waals surface area contributed by atoms with Crippen molar-refractivity contribution in [1.82, 2.24) is 19.7 Å². The molecule has 0 radical (unpaired) electrons. The highest BCUT2D eigenvalue weighted by Gasteiger charge is 2.15. The molecular weight excluding hydrogens is 358 g/mol. The summed E-state index contributed by atoms with van der Waals surface area (Å²) in [5.74, 6) is -0.0273. The van der Waals surface area contributed by atoms with Crippen LogP contribution in [0.5, 0.6) is 0 Å². The van der Waals surface area contributed by atoms with Crippen LogP contribution in [-0.4, -0.2) is 45.4 Å². The van der Waals surface area contributed by atoms with E-state index < -0.39 is 0 Å². The van der Waals surface area contributed by atoms with Crippen LogP contribution in [0.3, 0.4) is 0 Å². The number of carbonyl (C=O) groups excluding carboxylic acids is 1. The zero-order valence-electron chi connectivity index (χ0n) is 15.7. The molecule has 2 aromatic carbocycles. The zero-order valence-corrected chi connectivity index (χ0v) is 16.5. The van der Waals surface area contributed by atoms with E-state index >= 15 is 0 Å². The summed E-state index contributed by atoms with van der Waals surface area (Å²) < 4.78 is 1.72. The molecule has 3 aromatic rings. The van der Waals surface area contributed by atoms with E-state index in [0.717, 1.165) is 16.9 Å². The standard InChI is InChI=1S/C20H23N5OS/c1-15(16-4-8-18(9-5-16)25-14-21-13-22-25)24(2)12-20(26)23-17-6-10-19(27-3)11-7-17/h4-11,13-15H,12H2,1-3H3,(H,23,26)/t15-/m1/s1. The van der Waals surface area contributed by atoms with Crippen molar-refractivity contribution < 1.29 is 4.79 Å². The predicted octanol–water partition coefficient (Wildman–Crippen LogP) is 3.62. The van der Waals surface area contributed by atoms with Crippen LogP contribution in [0.2, 0.25) is 0 Å². The van der Waals surface area contributed by atoms with Gasteiger partial charge in [-0.15, -0.1) is 11.8 Å². The molecule has 7 heteroatoms. The summed E-state index contributed by atoms with van der Waals surface area (Å²) in [6, 6.07) is 16.1. The van der Waals surface area contributed by atoms with E-state index in [2.05, 4.69) is 34.5 Å². The number of hydrogen-bond acceptors (Lipinski definition) is 5. The quantitative estimate of drug-likeness (QED) is 0.633. The van der Waals surface area contributed by atoms with Crippen molar-refractivity contribution in [2.75, 3.05) is 25.2 Å². The minimum absolute atomic E-state index is 0.0273. The molecule has 1 N–H and O–H groups in total. The van der Waals surface area contributed by atoms with Gasteiger partial charge in [-0.25, -0.2) is 9.67 Å². The highest BCUT2D eigenvalue weighted by Crippen LogP contribution is 2.21. The van der Waals surface area contributed by atoms with Gasteiger partial charge in [0, 0.05) is 16.6 Å². The van der Waals surface area contributed by atoms with Crippen molar-refractivity contribution in [3.05, 3.63) is 66.7 Å². The number of hydrogen-bond donors (Lipinski definition) is 1. The Balaban J connectivity index is 1.57. The lowest BCUT2D eigenvalue weighted by atomic mass is 10.1. The normalized spacial score (nSPS) is 12.1. The number of aromatic nitrogens is 3. The predicted molar refractivity (Wildman–Crippen MR) is 109 cm³/mol. The lowest BCUT2D eigenvalue weighted by Crippen LogP contribution is -2.32. The molecule has 0 saturated heterocycles. The Morgan fingerprint density at radius 2 is 1.89 bits per heavy atom. The fourth-order valence-electron chi connectivity index (χ4n) is 2.74. The average Bonchev–Trinajstić information content (AvgIpc) is 3.23. The first-order valence-electron chi connectivity index (χ1n) is 8.66. The average molecular weight is 382 g/mol. The molecular formula is C20H23N5OS. The molecule has 0 aliphatic rings. The first-order chi connectivity index (χ1) is 13.1. The summed E-state index contributed by atoms with van der Waals surface area (Å²) in [4.78, 5) is 19.5. The topological polar surface area (TPSA) is 63.1 Å². The largest absolute Gasteiger partial charge is 0.325 e. The molecule has 1 heterocycles. The van der Waals surface area contributed by atoms with Crippen LogP contribution >= 0.6 is 11.8 Å². The van der Waals surface area contributed by atoms with Crippen molar-refractivity contribution in [1.29, 1.82) is 0 Å². The second kappa shape index (κ2) is 8.83. The fraction of sp³-hybridized carbons (Fsp3) is 0.250. The summed E-state index contributed by atoms with van der Waals surface area (Å²) in [7, 11) is 1.95. The number of amides is 1. The molecule has 0 fully saturated rings. The third kappa shape index (κ3) is 4.96. The lowest BCUT2D eigenvalue weighted by Gasteiger charge is -2.24. The molecule has 1 amide bonds. The van der Waals surface area contributed by atoms with Gasteiger partial charge in [-0.1, -0.05) is 12.1 Å². The summed E-state index contributed by atoms with van der Waals surface area (Å²) >= 11 is 1.68. The van der Waals surface area contributed by atoms with Gasteiger partial charge in [0.25, 0.3) is 0 Å². The molecule has 0 unspecified atom stereocenters. The number of nitrogens with one attached hydrogen (secondary N) is 1. The third-order valence-corrected chi connectivity index (χ3v) is 5.23. The van der Waals surface area contributed by atoms with Crippen LogP contribution in [0.4, 0.5) is 5.69 Å². The molecule has 27 heavy (non-hydrogen) atoms. The maximum atomic E-state index is 12.3. The molecule has 0 aliphatic carbocycles. The smallest absolute Gasteiger partial charge is 0.238 e. The number of benzene rings is 2. The number of rotatable bonds is 7. The van der Waals surface area contributed by atoms with Crippen molar-refractivity contribution in [3.63, 3.8) is 0 Å². The minimum atomic E-state index is -0.0273. The number of likely N-dealkylation sites (N-methyl/N-ethyl adjacent to an activating group) is 1. The van der Waals surface area contributed by atoms with Crippen LogP contribution < -0.4 is 5.32 Å². The maximum absolute atomic E-state index is 12.3. The van der Waals surface area contributed by atoms with Crippen LogP contribution in [-0.2, 0) is 4.79 Å². The van der Waals surface area contributed by atoms with E-state index in [-0.39, 0.29) is 11.9 Å². The number of nitrogens with zero attached hydrogens (tertiary/aromatic N) is 4. The lowest BCUT2D eigenvalue weighted by molar-refractivity contribution is -0.117. The summed E-state index contributed by atoms with van der Waals surface area (Å²) in [6.07, 6.45) is 5.21. The van der Waals surface area contributed by atoms with Gasteiger partial charge in [0.1, 0.15) is 12.7 Å². The van der Waals surface area contributed by atoms with Crippen molar-refractivity contribution in [3.8, 4) is 5.69 Å². The van der Waals surface area contributed by atoms with Gasteiger partial charge in [0.05, 0.1) is 12.2 Å². The zero-order chi connectivity index (χ0) is 19.2. The highest BCUT2D eigenvalue weighted by atomic mass is 32.2. The Morgan fingerprint density at radius 3 is 2.48 bits per heavy atom. The fourth-order valence-corrected chi connectivity index (χ4v) is 3.15. The SMILES string of the molecule is CSc1ccc(NC(=O)CN(C)[C@H](C)c2ccc(-n3cncn3)cc2)cc1. The Hall–Kier alpha value is -2.64. The van der Waals surface area contributed by atoms with Crippen LogP contribution in [0.25, 0.3) is 5.69 Å². The molecule has 0 saturated carbocycles. The monoisotopic (exact) mass is 381 g/mol. The van der Waals surface area contributed by atoms with Crippen LogP contribution in [0, 0.1) is 0 Å². The Labute approximate surface area is 163 Å². The first kappa shape index (κ1) is 19.1. The van der Waals surface area contributed by atoms with Gasteiger partial charge in [-0.05, 0) is 62.2 Å². The molecule has 1 aromatic heterocycles. The van der Waals surface area contributed by atoms with Crippen molar-refractivity contribution in [2.45, 2.75) is 17.9 Å². The van der Waals surface area contributed by atoms with E-state index in [4.69, 9.17) is 0 Å². The van der Waals surface area contributed by atoms with Gasteiger partial charge >= 0.3 is 0 Å². The maximum Gasteiger partial charge on any atom is 0.238 e. The molecule has 0 spiro atoms. The van der Waals surface area contributed by atoms with Gasteiger partial charge in [0.2, 0.25) is 5.91 Å². The summed E-state index contributed by atoms with van der Waals surface area (Å²) in [5.41, 5.74) is 2.91. The van der Waals surface area contributed by atoms with E-state index in [0.29, 0.717) is 6.54 Å². The third-order valence-electron chi connectivity index (χ3n) is 4.49.